The van der Waals surface area contributed by atoms with E-state index in [1.165, 1.54) is 276 Å². The summed E-state index contributed by atoms with van der Waals surface area (Å²) in [5, 5.41) is 54.3. The lowest BCUT2D eigenvalue weighted by Gasteiger charge is -2.40. The molecule has 1 rings (SSSR count). The van der Waals surface area contributed by atoms with E-state index < -0.39 is 49.5 Å². The number of esters is 1. The van der Waals surface area contributed by atoms with Gasteiger partial charge in [-0.3, -0.25) is 9.59 Å². The topological polar surface area (TPSA) is 175 Å². The van der Waals surface area contributed by atoms with Gasteiger partial charge in [-0.1, -0.05) is 314 Å². The van der Waals surface area contributed by atoms with Gasteiger partial charge < -0.3 is 45.1 Å². The molecule has 0 radical (unpaired) electrons. The molecular weight excluding hydrogens is 1040 g/mol. The van der Waals surface area contributed by atoms with E-state index in [2.05, 4.69) is 31.3 Å². The van der Waals surface area contributed by atoms with Crippen molar-refractivity contribution in [2.75, 3.05) is 19.8 Å². The number of aliphatic hydroxyl groups excluding tert-OH is 5. The largest absolute Gasteiger partial charge is 0.466 e. The van der Waals surface area contributed by atoms with Crippen LogP contribution in [-0.4, -0.2) is 100 Å². The highest BCUT2D eigenvalue weighted by Crippen LogP contribution is 2.23. The van der Waals surface area contributed by atoms with Gasteiger partial charge in [0.1, 0.15) is 24.4 Å². The van der Waals surface area contributed by atoms with Crippen molar-refractivity contribution in [3.63, 3.8) is 0 Å². The van der Waals surface area contributed by atoms with Crippen molar-refractivity contribution in [1.82, 2.24) is 5.32 Å². The minimum Gasteiger partial charge on any atom is -0.466 e. The van der Waals surface area contributed by atoms with Crippen molar-refractivity contribution in [2.45, 2.75) is 403 Å². The Morgan fingerprint density at radius 2 is 0.771 bits per heavy atom. The van der Waals surface area contributed by atoms with Gasteiger partial charge in [-0.05, 0) is 57.8 Å². The Morgan fingerprint density at radius 1 is 0.434 bits per heavy atom. The van der Waals surface area contributed by atoms with Crippen LogP contribution in [0.25, 0.3) is 0 Å². The number of carbonyl (C=O) groups is 2. The summed E-state index contributed by atoms with van der Waals surface area (Å²) in [6.45, 7) is 4.35. The van der Waals surface area contributed by atoms with Crippen molar-refractivity contribution in [1.29, 1.82) is 0 Å². The lowest BCUT2D eigenvalue weighted by atomic mass is 9.99. The third kappa shape index (κ3) is 50.8. The number of hydrogen-bond acceptors (Lipinski definition) is 10. The molecule has 0 aliphatic carbocycles. The van der Waals surface area contributed by atoms with E-state index in [0.29, 0.717) is 19.4 Å². The Labute approximate surface area is 511 Å². The second-order valence-corrected chi connectivity index (χ2v) is 25.3. The van der Waals surface area contributed by atoms with Crippen LogP contribution in [0.5, 0.6) is 0 Å². The average molecular weight is 1180 g/mol. The van der Waals surface area contributed by atoms with Crippen molar-refractivity contribution in [3.05, 3.63) is 24.3 Å². The minimum atomic E-state index is -1.57. The van der Waals surface area contributed by atoms with E-state index in [1.807, 2.05) is 6.08 Å². The molecule has 490 valence electrons. The Morgan fingerprint density at radius 3 is 1.16 bits per heavy atom. The van der Waals surface area contributed by atoms with Gasteiger partial charge in [0.15, 0.2) is 6.29 Å². The first-order chi connectivity index (χ1) is 40.7. The summed E-state index contributed by atoms with van der Waals surface area (Å²) in [4.78, 5) is 25.1. The highest BCUT2D eigenvalue weighted by Gasteiger charge is 2.44. The zero-order valence-corrected chi connectivity index (χ0v) is 54.4. The van der Waals surface area contributed by atoms with Crippen molar-refractivity contribution in [2.24, 2.45) is 0 Å². The molecule has 7 unspecified atom stereocenters. The molecule has 0 spiro atoms. The van der Waals surface area contributed by atoms with Gasteiger partial charge in [0.25, 0.3) is 0 Å². The Hall–Kier alpha value is -1.86. The maximum atomic E-state index is 13.0. The number of aliphatic hydroxyl groups is 5. The molecule has 0 saturated carbocycles. The van der Waals surface area contributed by atoms with Crippen LogP contribution in [0.15, 0.2) is 24.3 Å². The molecule has 11 nitrogen and oxygen atoms in total. The first-order valence-electron chi connectivity index (χ1n) is 36.1. The Kier molecular flexibility index (Phi) is 58.9. The van der Waals surface area contributed by atoms with Crippen LogP contribution < -0.4 is 5.32 Å². The number of ether oxygens (including phenoxy) is 3. The molecule has 1 aliphatic heterocycles. The predicted molar refractivity (Wildman–Crippen MR) is 348 cm³/mol. The summed E-state index contributed by atoms with van der Waals surface area (Å²) in [7, 11) is 0. The van der Waals surface area contributed by atoms with Gasteiger partial charge in [0, 0.05) is 12.8 Å². The minimum absolute atomic E-state index is 0.00871. The Balaban J connectivity index is 1.89. The van der Waals surface area contributed by atoms with Gasteiger partial charge in [0.2, 0.25) is 5.91 Å². The summed E-state index contributed by atoms with van der Waals surface area (Å²) in [6.07, 6.45) is 67.6. The average Bonchev–Trinajstić information content (AvgIpc) is 3.54. The van der Waals surface area contributed by atoms with E-state index in [9.17, 15) is 35.1 Å². The van der Waals surface area contributed by atoms with Gasteiger partial charge in [-0.15, -0.1) is 0 Å². The van der Waals surface area contributed by atoms with Crippen LogP contribution in [0, 0.1) is 0 Å². The number of unbranched alkanes of at least 4 members (excludes halogenated alkanes) is 48. The van der Waals surface area contributed by atoms with Gasteiger partial charge >= 0.3 is 5.97 Å². The van der Waals surface area contributed by atoms with E-state index >= 15 is 0 Å². The van der Waals surface area contributed by atoms with Crippen LogP contribution in [0.1, 0.15) is 361 Å². The quantitative estimate of drug-likeness (QED) is 0.0195. The second-order valence-electron chi connectivity index (χ2n) is 25.3. The highest BCUT2D eigenvalue weighted by atomic mass is 16.7. The van der Waals surface area contributed by atoms with Crippen LogP contribution in [0.4, 0.5) is 0 Å². The summed E-state index contributed by atoms with van der Waals surface area (Å²) < 4.78 is 16.7. The van der Waals surface area contributed by atoms with Crippen LogP contribution >= 0.6 is 0 Å². The molecular formula is C72H137NO10. The van der Waals surface area contributed by atoms with Crippen LogP contribution in [0.3, 0.4) is 0 Å². The van der Waals surface area contributed by atoms with Crippen molar-refractivity contribution < 1.29 is 49.3 Å². The fourth-order valence-corrected chi connectivity index (χ4v) is 11.6. The molecule has 1 heterocycles. The molecule has 1 saturated heterocycles. The van der Waals surface area contributed by atoms with Crippen molar-refractivity contribution in [3.8, 4) is 0 Å². The highest BCUT2D eigenvalue weighted by molar-refractivity contribution is 5.76. The second kappa shape index (κ2) is 61.8. The first-order valence-corrected chi connectivity index (χ1v) is 36.1. The van der Waals surface area contributed by atoms with Gasteiger partial charge in [-0.2, -0.15) is 0 Å². The number of hydrogen-bond donors (Lipinski definition) is 6. The SMILES string of the molecule is CCCCCCCC/C=C\CCCCCCCCCCCC(=O)OCCCCCCCCCCCCCCCCCCCCCCCCCCCCCC(=O)NC(COC1OC(CO)C(O)C(O)C1O)C(O)/C=C/CCCCCCCCC. The van der Waals surface area contributed by atoms with Crippen LogP contribution in [0.2, 0.25) is 0 Å². The zero-order valence-electron chi connectivity index (χ0n) is 54.4. The van der Waals surface area contributed by atoms with E-state index in [4.69, 9.17) is 14.2 Å². The lowest BCUT2D eigenvalue weighted by Crippen LogP contribution is -2.60. The number of rotatable bonds is 64. The molecule has 83 heavy (non-hydrogen) atoms. The van der Waals surface area contributed by atoms with Crippen molar-refractivity contribution >= 4 is 11.9 Å². The van der Waals surface area contributed by atoms with E-state index in [0.717, 1.165) is 57.8 Å². The summed E-state index contributed by atoms with van der Waals surface area (Å²) in [5.74, 6) is -0.171. The van der Waals surface area contributed by atoms with Gasteiger partial charge in [-0.25, -0.2) is 0 Å². The first kappa shape index (κ1) is 79.2. The van der Waals surface area contributed by atoms with E-state index in [-0.39, 0.29) is 18.5 Å². The number of nitrogens with one attached hydrogen (secondary N) is 1. The maximum absolute atomic E-state index is 13.0. The molecule has 0 aromatic carbocycles. The molecule has 7 atom stereocenters. The number of amides is 1. The molecule has 6 N–H and O–H groups in total. The molecule has 1 amide bonds. The summed E-state index contributed by atoms with van der Waals surface area (Å²) in [6, 6.07) is -0.806. The molecule has 1 aliphatic rings. The third-order valence-electron chi connectivity index (χ3n) is 17.3. The van der Waals surface area contributed by atoms with E-state index in [1.54, 1.807) is 6.08 Å². The monoisotopic (exact) mass is 1180 g/mol. The molecule has 0 bridgehead atoms. The fraction of sp³-hybridized carbons (Fsp3) is 0.917. The molecule has 1 fully saturated rings. The third-order valence-corrected chi connectivity index (χ3v) is 17.3. The lowest BCUT2D eigenvalue weighted by molar-refractivity contribution is -0.302. The zero-order chi connectivity index (χ0) is 60.2. The normalized spacial score (nSPS) is 18.2. The smallest absolute Gasteiger partial charge is 0.305 e. The molecule has 0 aromatic heterocycles. The molecule has 11 heteroatoms. The maximum Gasteiger partial charge on any atom is 0.305 e. The fourth-order valence-electron chi connectivity index (χ4n) is 11.6. The standard InChI is InChI=1S/C72H137NO10/c1-3-5-7-9-11-13-14-15-16-17-27-31-34-37-40-44-48-52-56-60-68(77)81-61-57-53-49-45-41-38-35-32-29-26-24-22-20-18-19-21-23-25-28-30-33-36-39-43-47-51-55-59-67(76)73-64(65(75)58-54-50-46-42-12-10-8-6-4-2)63-82-72-71(80)70(79)69(78)66(62-74)83-72/h15-16,54,58,64-66,69-72,74-75,78-80H,3-14,17-53,55-57,59-63H2,1-2H3,(H,73,76)/b16-15-,58-54+. The Bertz CT molecular complexity index is 1430. The predicted octanol–water partition coefficient (Wildman–Crippen LogP) is 18.4. The molecule has 0 aromatic rings. The number of allylic oxidation sites excluding steroid dienone is 3. The van der Waals surface area contributed by atoms with Gasteiger partial charge in [0.05, 0.1) is 32.0 Å². The summed E-state index contributed by atoms with van der Waals surface area (Å²) in [5.41, 5.74) is 0. The summed E-state index contributed by atoms with van der Waals surface area (Å²) >= 11 is 0. The number of carbonyl (C=O) groups excluding carboxylic acids is 2. The van der Waals surface area contributed by atoms with Crippen LogP contribution in [-0.2, 0) is 23.8 Å².